The Morgan fingerprint density at radius 1 is 1.04 bits per heavy atom. The van der Waals surface area contributed by atoms with Gasteiger partial charge >= 0.3 is 0 Å². The number of pyridine rings is 1. The van der Waals surface area contributed by atoms with Crippen LogP contribution in [0.25, 0.3) is 0 Å². The first-order valence-corrected chi connectivity index (χ1v) is 8.79. The third-order valence-corrected chi connectivity index (χ3v) is 4.29. The maximum Gasteiger partial charge on any atom is 0.253 e. The van der Waals surface area contributed by atoms with Crippen LogP contribution in [0.2, 0.25) is 0 Å². The lowest BCUT2D eigenvalue weighted by Gasteiger charge is -2.34. The zero-order valence-electron chi connectivity index (χ0n) is 15.3. The molecule has 0 aliphatic carbocycles. The van der Waals surface area contributed by atoms with Gasteiger partial charge < -0.3 is 9.64 Å². The fourth-order valence-corrected chi connectivity index (χ4v) is 2.99. The third kappa shape index (κ3) is 5.44. The maximum atomic E-state index is 12.7. The van der Waals surface area contributed by atoms with Crippen molar-refractivity contribution in [2.45, 2.75) is 26.5 Å². The molecule has 3 rings (SSSR count). The molecule has 26 heavy (non-hydrogen) atoms. The second kappa shape index (κ2) is 9.55. The van der Waals surface area contributed by atoms with E-state index in [4.69, 9.17) is 4.74 Å². The highest BCUT2D eigenvalue weighted by Crippen LogP contribution is 2.16. The van der Waals surface area contributed by atoms with E-state index in [0.29, 0.717) is 0 Å². The minimum atomic E-state index is 0. The van der Waals surface area contributed by atoms with E-state index in [2.05, 4.69) is 9.88 Å². The van der Waals surface area contributed by atoms with E-state index in [1.54, 1.807) is 0 Å². The van der Waals surface area contributed by atoms with E-state index in [9.17, 15) is 4.79 Å². The molecule has 2 heterocycles. The molecule has 1 aliphatic heterocycles. The molecule has 1 fully saturated rings. The standard InChI is InChI=1S/C20H25N3O2.ClH/c1-16(2)25-19-5-3-18(4-6-19)20(24)23-13-11-22(12-14-23)15-17-7-9-21-10-8-17;/h3-10,16H,11-15H2,1-2H3;1H. The number of aromatic nitrogens is 1. The lowest BCUT2D eigenvalue weighted by Crippen LogP contribution is -2.48. The molecule has 0 N–H and O–H groups in total. The minimum absolute atomic E-state index is 0. The van der Waals surface area contributed by atoms with Crippen LogP contribution < -0.4 is 4.74 Å². The molecular formula is C20H26ClN3O2. The van der Waals surface area contributed by atoms with E-state index in [0.717, 1.165) is 44.0 Å². The van der Waals surface area contributed by atoms with Crippen molar-refractivity contribution in [3.8, 4) is 5.75 Å². The number of nitrogens with zero attached hydrogens (tertiary/aromatic N) is 3. The number of piperazine rings is 1. The highest BCUT2D eigenvalue weighted by molar-refractivity contribution is 5.94. The van der Waals surface area contributed by atoms with Crippen LogP contribution in [0, 0.1) is 0 Å². The molecule has 1 aromatic carbocycles. The summed E-state index contributed by atoms with van der Waals surface area (Å²) in [6.07, 6.45) is 3.78. The van der Waals surface area contributed by atoms with Crippen LogP contribution in [-0.4, -0.2) is 53.0 Å². The lowest BCUT2D eigenvalue weighted by atomic mass is 10.1. The second-order valence-electron chi connectivity index (χ2n) is 6.61. The van der Waals surface area contributed by atoms with Gasteiger partial charge in [-0.1, -0.05) is 0 Å². The number of benzene rings is 1. The summed E-state index contributed by atoms with van der Waals surface area (Å²) in [6.45, 7) is 8.19. The van der Waals surface area contributed by atoms with Crippen LogP contribution in [0.3, 0.4) is 0 Å². The van der Waals surface area contributed by atoms with E-state index >= 15 is 0 Å². The van der Waals surface area contributed by atoms with E-state index < -0.39 is 0 Å². The Bertz CT molecular complexity index is 684. The molecule has 0 spiro atoms. The molecule has 140 valence electrons. The third-order valence-electron chi connectivity index (χ3n) is 4.29. The van der Waals surface area contributed by atoms with Gasteiger partial charge in [0.2, 0.25) is 0 Å². The average molecular weight is 376 g/mol. The van der Waals surface area contributed by atoms with Crippen molar-refractivity contribution >= 4 is 18.3 Å². The molecule has 1 aliphatic rings. The molecule has 6 heteroatoms. The number of halogens is 1. The molecule has 0 atom stereocenters. The predicted octanol–water partition coefficient (Wildman–Crippen LogP) is 3.25. The largest absolute Gasteiger partial charge is 0.491 e. The Morgan fingerprint density at radius 3 is 2.23 bits per heavy atom. The van der Waals surface area contributed by atoms with Gasteiger partial charge in [0, 0.05) is 50.7 Å². The molecule has 0 unspecified atom stereocenters. The molecule has 0 bridgehead atoms. The van der Waals surface area contributed by atoms with Crippen molar-refractivity contribution in [3.63, 3.8) is 0 Å². The molecule has 1 saturated heterocycles. The summed E-state index contributed by atoms with van der Waals surface area (Å²) >= 11 is 0. The zero-order valence-corrected chi connectivity index (χ0v) is 16.1. The number of ether oxygens (including phenoxy) is 1. The fraction of sp³-hybridized carbons (Fsp3) is 0.400. The molecule has 1 amide bonds. The zero-order chi connectivity index (χ0) is 17.6. The Morgan fingerprint density at radius 2 is 1.65 bits per heavy atom. The van der Waals surface area contributed by atoms with Crippen LogP contribution in [0.15, 0.2) is 48.8 Å². The number of hydrogen-bond donors (Lipinski definition) is 0. The first-order chi connectivity index (χ1) is 12.1. The molecule has 0 saturated carbocycles. The quantitative estimate of drug-likeness (QED) is 0.804. The monoisotopic (exact) mass is 375 g/mol. The van der Waals surface area contributed by atoms with Crippen molar-refractivity contribution in [2.75, 3.05) is 26.2 Å². The van der Waals surface area contributed by atoms with Crippen LogP contribution >= 0.6 is 12.4 Å². The highest BCUT2D eigenvalue weighted by atomic mass is 35.5. The second-order valence-corrected chi connectivity index (χ2v) is 6.61. The van der Waals surface area contributed by atoms with E-state index in [1.165, 1.54) is 5.56 Å². The lowest BCUT2D eigenvalue weighted by molar-refractivity contribution is 0.0628. The summed E-state index contributed by atoms with van der Waals surface area (Å²) in [4.78, 5) is 21.0. The Labute approximate surface area is 161 Å². The van der Waals surface area contributed by atoms with E-state index in [-0.39, 0.29) is 24.4 Å². The van der Waals surface area contributed by atoms with Crippen molar-refractivity contribution in [1.29, 1.82) is 0 Å². The molecule has 5 nitrogen and oxygen atoms in total. The summed E-state index contributed by atoms with van der Waals surface area (Å²) < 4.78 is 5.63. The Balaban J connectivity index is 0.00000243. The van der Waals surface area contributed by atoms with Crippen molar-refractivity contribution in [3.05, 3.63) is 59.9 Å². The summed E-state index contributed by atoms with van der Waals surface area (Å²) in [7, 11) is 0. The van der Waals surface area contributed by atoms with Gasteiger partial charge in [-0.25, -0.2) is 0 Å². The summed E-state index contributed by atoms with van der Waals surface area (Å²) in [5.74, 6) is 0.897. The van der Waals surface area contributed by atoms with Gasteiger partial charge in [0.05, 0.1) is 6.10 Å². The number of rotatable bonds is 5. The molecule has 2 aromatic rings. The first kappa shape index (κ1) is 20.2. The summed E-state index contributed by atoms with van der Waals surface area (Å²) in [5.41, 5.74) is 1.98. The van der Waals surface area contributed by atoms with E-state index in [1.807, 2.05) is 67.5 Å². The Hall–Kier alpha value is -2.11. The fourth-order valence-electron chi connectivity index (χ4n) is 2.99. The van der Waals surface area contributed by atoms with Gasteiger partial charge in [-0.15, -0.1) is 12.4 Å². The van der Waals surface area contributed by atoms with Gasteiger partial charge in [0.25, 0.3) is 5.91 Å². The maximum absolute atomic E-state index is 12.7. The first-order valence-electron chi connectivity index (χ1n) is 8.79. The normalized spacial score (nSPS) is 14.8. The van der Waals surface area contributed by atoms with Gasteiger partial charge in [-0.2, -0.15) is 0 Å². The summed E-state index contributed by atoms with van der Waals surface area (Å²) in [6, 6.07) is 11.5. The number of carbonyl (C=O) groups excluding carboxylic acids is 1. The number of hydrogen-bond acceptors (Lipinski definition) is 4. The van der Waals surface area contributed by atoms with Crippen LogP contribution in [0.1, 0.15) is 29.8 Å². The van der Waals surface area contributed by atoms with Gasteiger partial charge in [0.15, 0.2) is 0 Å². The van der Waals surface area contributed by atoms with Gasteiger partial charge in [-0.05, 0) is 55.8 Å². The number of carbonyl (C=O) groups is 1. The summed E-state index contributed by atoms with van der Waals surface area (Å²) in [5, 5.41) is 0. The van der Waals surface area contributed by atoms with Crippen LogP contribution in [-0.2, 0) is 6.54 Å². The highest BCUT2D eigenvalue weighted by Gasteiger charge is 2.22. The predicted molar refractivity (Wildman–Crippen MR) is 105 cm³/mol. The SMILES string of the molecule is CC(C)Oc1ccc(C(=O)N2CCN(Cc3ccncc3)CC2)cc1.Cl. The Kier molecular flexibility index (Phi) is 7.42. The van der Waals surface area contributed by atoms with Crippen molar-refractivity contribution < 1.29 is 9.53 Å². The molecular weight excluding hydrogens is 350 g/mol. The van der Waals surface area contributed by atoms with Crippen molar-refractivity contribution in [2.24, 2.45) is 0 Å². The number of amides is 1. The minimum Gasteiger partial charge on any atom is -0.491 e. The average Bonchev–Trinajstić information content (AvgIpc) is 2.63. The topological polar surface area (TPSA) is 45.7 Å². The molecule has 1 aromatic heterocycles. The molecule has 0 radical (unpaired) electrons. The van der Waals surface area contributed by atoms with Crippen LogP contribution in [0.4, 0.5) is 0 Å². The van der Waals surface area contributed by atoms with Gasteiger partial charge in [0.1, 0.15) is 5.75 Å². The smallest absolute Gasteiger partial charge is 0.253 e. The van der Waals surface area contributed by atoms with Gasteiger partial charge in [-0.3, -0.25) is 14.7 Å². The van der Waals surface area contributed by atoms with Crippen molar-refractivity contribution in [1.82, 2.24) is 14.8 Å². The van der Waals surface area contributed by atoms with Crippen LogP contribution in [0.5, 0.6) is 5.75 Å².